The second-order valence-electron chi connectivity index (χ2n) is 13.7. The minimum atomic E-state index is -1.31. The Morgan fingerprint density at radius 1 is 0.882 bits per heavy atom. The van der Waals surface area contributed by atoms with E-state index in [4.69, 9.17) is 0 Å². The van der Waals surface area contributed by atoms with Crippen molar-refractivity contribution in [1.82, 2.24) is 0 Å². The monoisotopic (exact) mass is 545 g/mol. The molecule has 0 heterocycles. The summed E-state index contributed by atoms with van der Waals surface area (Å²) in [7, 11) is -1.31. The van der Waals surface area contributed by atoms with Gasteiger partial charge in [-0.05, 0) is 0 Å². The van der Waals surface area contributed by atoms with E-state index in [2.05, 4.69) is 111 Å². The van der Waals surface area contributed by atoms with Crippen LogP contribution < -0.4 is 3.27 Å². The van der Waals surface area contributed by atoms with Gasteiger partial charge in [-0.3, -0.25) is 0 Å². The summed E-state index contributed by atoms with van der Waals surface area (Å²) in [6, 6.07) is 9.90. The van der Waals surface area contributed by atoms with Crippen LogP contribution in [0.2, 0.25) is 19.6 Å². The fraction of sp³-hybridized carbons (Fsp3) is 0.469. The third-order valence-electron chi connectivity index (χ3n) is 7.31. The molecular formula is C32H43SiZr. The predicted molar refractivity (Wildman–Crippen MR) is 152 cm³/mol. The van der Waals surface area contributed by atoms with E-state index in [0.717, 1.165) is 12.8 Å². The Kier molecular flexibility index (Phi) is 6.70. The van der Waals surface area contributed by atoms with Crippen molar-refractivity contribution in [3.05, 3.63) is 69.4 Å². The van der Waals surface area contributed by atoms with Crippen molar-refractivity contribution in [2.45, 2.75) is 98.7 Å². The second-order valence-corrected chi connectivity index (χ2v) is 23.0. The van der Waals surface area contributed by atoms with Crippen molar-refractivity contribution in [1.29, 1.82) is 0 Å². The van der Waals surface area contributed by atoms with Crippen LogP contribution in [0.1, 0.15) is 89.6 Å². The van der Waals surface area contributed by atoms with Crippen LogP contribution >= 0.6 is 0 Å². The van der Waals surface area contributed by atoms with Gasteiger partial charge < -0.3 is 0 Å². The van der Waals surface area contributed by atoms with Gasteiger partial charge in [0.2, 0.25) is 0 Å². The van der Waals surface area contributed by atoms with Gasteiger partial charge in [-0.25, -0.2) is 0 Å². The van der Waals surface area contributed by atoms with Crippen molar-refractivity contribution >= 4 is 20.1 Å². The van der Waals surface area contributed by atoms with Gasteiger partial charge in [0.25, 0.3) is 0 Å². The quantitative estimate of drug-likeness (QED) is 0.290. The van der Waals surface area contributed by atoms with Gasteiger partial charge in [0.05, 0.1) is 0 Å². The van der Waals surface area contributed by atoms with Crippen LogP contribution in [0.25, 0.3) is 16.7 Å². The van der Waals surface area contributed by atoms with Gasteiger partial charge in [-0.1, -0.05) is 0 Å². The molecule has 34 heavy (non-hydrogen) atoms. The molecule has 0 radical (unpaired) electrons. The van der Waals surface area contributed by atoms with Crippen LogP contribution in [0.4, 0.5) is 0 Å². The normalized spacial score (nSPS) is 15.5. The van der Waals surface area contributed by atoms with Crippen LogP contribution in [0.5, 0.6) is 0 Å². The van der Waals surface area contributed by atoms with E-state index < -0.39 is 30.8 Å². The first-order valence-corrected chi connectivity index (χ1v) is 18.9. The van der Waals surface area contributed by atoms with Crippen LogP contribution in [0.3, 0.4) is 0 Å². The van der Waals surface area contributed by atoms with Crippen LogP contribution in [0, 0.1) is 0 Å². The predicted octanol–water partition coefficient (Wildman–Crippen LogP) is 8.36. The summed E-state index contributed by atoms with van der Waals surface area (Å²) in [4.78, 5) is 0. The van der Waals surface area contributed by atoms with Crippen LogP contribution in [-0.2, 0) is 40.0 Å². The van der Waals surface area contributed by atoms with Crippen LogP contribution in [0.15, 0.2) is 41.6 Å². The summed E-state index contributed by atoms with van der Waals surface area (Å²) in [5.74, 6) is 0. The molecule has 0 fully saturated rings. The molecule has 2 heteroatoms. The summed E-state index contributed by atoms with van der Waals surface area (Å²) < 4.78 is 3.43. The average molecular weight is 547 g/mol. The Morgan fingerprint density at radius 2 is 1.56 bits per heavy atom. The average Bonchev–Trinajstić information content (AvgIpc) is 3.30. The standard InChI is InChI=1S/C29H37Si.C3H6.Zr/c1-28(2,3)22-12-10-19-14-21-16-26(20-11-13-23(15-20)30(7,8)9)27(29(4,5)6)18-25(21)24(19)17-22;1-3-2;/h10,12-13,15,17-18H,11,14H2,1-9H3;1-2H3;. The van der Waals surface area contributed by atoms with Gasteiger partial charge in [0.1, 0.15) is 0 Å². The summed E-state index contributed by atoms with van der Waals surface area (Å²) in [5, 5.41) is 1.63. The van der Waals surface area contributed by atoms with Gasteiger partial charge in [0.15, 0.2) is 0 Å². The molecular weight excluding hydrogens is 504 g/mol. The van der Waals surface area contributed by atoms with Gasteiger partial charge in [-0.2, -0.15) is 0 Å². The van der Waals surface area contributed by atoms with E-state index in [-0.39, 0.29) is 10.8 Å². The van der Waals surface area contributed by atoms with E-state index in [9.17, 15) is 0 Å². The molecule has 2 aliphatic rings. The number of fused-ring (bicyclic) bond motifs is 3. The molecule has 0 unspecified atom stereocenters. The molecule has 0 N–H and O–H groups in total. The van der Waals surface area contributed by atoms with Crippen molar-refractivity contribution in [2.75, 3.05) is 0 Å². The Hall–Kier alpha value is -1.11. The molecule has 0 saturated carbocycles. The SMILES string of the molecule is C[C](C)=[Zr][c]1c2c(cc(C(C)(C)C)c1C1=CC([Si](C)(C)C)=CC1)-c1cc(C(C)(C)C)ccc1C2. The van der Waals surface area contributed by atoms with E-state index in [1.807, 2.05) is 0 Å². The molecule has 0 saturated heterocycles. The molecule has 0 atom stereocenters. The van der Waals surface area contributed by atoms with E-state index in [1.54, 1.807) is 33.9 Å². The maximum absolute atomic E-state index is 2.60. The first-order chi connectivity index (χ1) is 15.6. The molecule has 4 rings (SSSR count). The molecule has 0 aromatic heterocycles. The third kappa shape index (κ3) is 4.92. The Labute approximate surface area is 221 Å². The Balaban J connectivity index is 2.03. The first kappa shape index (κ1) is 26.0. The summed E-state index contributed by atoms with van der Waals surface area (Å²) in [6.45, 7) is 26.4. The zero-order valence-corrected chi connectivity index (χ0v) is 26.8. The van der Waals surface area contributed by atoms with E-state index in [0.29, 0.717) is 0 Å². The number of hydrogen-bond acceptors (Lipinski definition) is 0. The maximum atomic E-state index is 2.60. The third-order valence-corrected chi connectivity index (χ3v) is 12.6. The Bertz CT molecular complexity index is 1240. The van der Waals surface area contributed by atoms with Crippen molar-refractivity contribution in [2.24, 2.45) is 0 Å². The number of rotatable bonds is 3. The molecule has 0 nitrogen and oxygen atoms in total. The van der Waals surface area contributed by atoms with Crippen molar-refractivity contribution < 1.29 is 22.8 Å². The molecule has 179 valence electrons. The molecule has 0 bridgehead atoms. The van der Waals surface area contributed by atoms with E-state index >= 15 is 0 Å². The van der Waals surface area contributed by atoms with Gasteiger partial charge in [-0.15, -0.1) is 0 Å². The first-order valence-electron chi connectivity index (χ1n) is 12.9. The fourth-order valence-corrected chi connectivity index (χ4v) is 9.82. The molecule has 2 aliphatic carbocycles. The number of allylic oxidation sites excluding steroid dienone is 4. The zero-order chi connectivity index (χ0) is 25.2. The number of benzene rings is 2. The summed E-state index contributed by atoms with van der Waals surface area (Å²) >= 11 is -0.826. The molecule has 0 aliphatic heterocycles. The van der Waals surface area contributed by atoms with Gasteiger partial charge >= 0.3 is 222 Å². The fourth-order valence-electron chi connectivity index (χ4n) is 5.32. The molecule has 2 aromatic carbocycles. The van der Waals surface area contributed by atoms with Gasteiger partial charge in [0, 0.05) is 0 Å². The molecule has 0 amide bonds. The topological polar surface area (TPSA) is 0 Å². The number of hydrogen-bond donors (Lipinski definition) is 0. The van der Waals surface area contributed by atoms with Crippen LogP contribution in [-0.4, -0.2) is 11.3 Å². The minimum absolute atomic E-state index is 0.118. The van der Waals surface area contributed by atoms with Crippen molar-refractivity contribution in [3.63, 3.8) is 0 Å². The molecule has 0 spiro atoms. The summed E-state index contributed by atoms with van der Waals surface area (Å²) in [6.07, 6.45) is 7.36. The van der Waals surface area contributed by atoms with Crippen molar-refractivity contribution in [3.8, 4) is 11.1 Å². The van der Waals surface area contributed by atoms with E-state index in [1.165, 1.54) is 22.3 Å². The molecule has 2 aromatic rings. The second kappa shape index (κ2) is 8.77. The Morgan fingerprint density at radius 3 is 2.09 bits per heavy atom. The summed E-state index contributed by atoms with van der Waals surface area (Å²) in [5.41, 5.74) is 12.7. The zero-order valence-electron chi connectivity index (χ0n) is 23.4.